The molecule has 0 saturated carbocycles. The van der Waals surface area contributed by atoms with E-state index in [-0.39, 0.29) is 10.1 Å². The van der Waals surface area contributed by atoms with E-state index in [1.54, 1.807) is 18.5 Å². The van der Waals surface area contributed by atoms with Crippen LogP contribution in [-0.4, -0.2) is 59.1 Å². The van der Waals surface area contributed by atoms with Gasteiger partial charge >= 0.3 is 12.2 Å². The summed E-state index contributed by atoms with van der Waals surface area (Å²) in [4.78, 5) is 23.1. The molecule has 12 heteroatoms. The van der Waals surface area contributed by atoms with Crippen LogP contribution < -0.4 is 8.85 Å². The zero-order valence-electron chi connectivity index (χ0n) is 28.4. The molecular weight excluding hydrogens is 593 g/mol. The standard InChI is InChI=1S/C18H28N2O3Si.C14H20N2O3Si/c1-17(2,3)22-16(21)20-12-13-11-14(9-10-15(13)19-20)23-24(7,8)18(4,5)6;1-14(2,3)20(4,5)19-11-6-7-12-10(8-11)9-15-16(12)13(17)18/h9-12H,1-8H3;6-9H,1-5H3,(H,17,18). The SMILES string of the molecule is CC(C)(C)OC(=O)n1cc2cc(O[Si](C)(C)C(C)(C)C)ccc2n1.CC(C)(C)[Si](C)(C)Oc1ccc2c(cnn2C(=O)O)c1. The molecule has 0 saturated heterocycles. The Morgan fingerprint density at radius 2 is 1.27 bits per heavy atom. The fraction of sp³-hybridized carbons (Fsp3) is 0.500. The van der Waals surface area contributed by atoms with Crippen molar-refractivity contribution < 1.29 is 28.3 Å². The third kappa shape index (κ3) is 8.29. The molecule has 0 aliphatic heterocycles. The van der Waals surface area contributed by atoms with E-state index in [9.17, 15) is 9.59 Å². The minimum absolute atomic E-state index is 0.118. The topological polar surface area (TPSA) is 118 Å². The number of fused-ring (bicyclic) bond motifs is 2. The van der Waals surface area contributed by atoms with Crippen molar-refractivity contribution in [1.82, 2.24) is 19.6 Å². The maximum absolute atomic E-state index is 12.1. The van der Waals surface area contributed by atoms with Gasteiger partial charge in [0.25, 0.3) is 0 Å². The number of carbonyl (C=O) groups excluding carboxylic acids is 1. The molecule has 0 bridgehead atoms. The number of aromatic nitrogens is 4. The van der Waals surface area contributed by atoms with Crippen molar-refractivity contribution in [3.63, 3.8) is 0 Å². The van der Waals surface area contributed by atoms with Gasteiger partial charge in [-0.1, -0.05) is 41.5 Å². The highest BCUT2D eigenvalue weighted by Crippen LogP contribution is 2.39. The Morgan fingerprint density at radius 3 is 1.75 bits per heavy atom. The highest BCUT2D eigenvalue weighted by molar-refractivity contribution is 6.75. The summed E-state index contributed by atoms with van der Waals surface area (Å²) in [7, 11) is -3.79. The lowest BCUT2D eigenvalue weighted by Crippen LogP contribution is -2.43. The molecule has 2 aromatic carbocycles. The van der Waals surface area contributed by atoms with Gasteiger partial charge in [-0.3, -0.25) is 0 Å². The number of nitrogens with zero attached hydrogens (tertiary/aromatic N) is 4. The Balaban J connectivity index is 0.000000244. The number of carboxylic acid groups (broad SMARTS) is 1. The van der Waals surface area contributed by atoms with E-state index in [0.29, 0.717) is 5.52 Å². The lowest BCUT2D eigenvalue weighted by Gasteiger charge is -2.36. The minimum Gasteiger partial charge on any atom is -0.543 e. The molecular formula is C32H48N4O6Si2. The highest BCUT2D eigenvalue weighted by Gasteiger charge is 2.40. The molecule has 4 aromatic rings. The van der Waals surface area contributed by atoms with Crippen LogP contribution in [0, 0.1) is 0 Å². The van der Waals surface area contributed by atoms with E-state index in [0.717, 1.165) is 32.5 Å². The van der Waals surface area contributed by atoms with E-state index in [1.807, 2.05) is 51.1 Å². The Hall–Kier alpha value is -3.65. The zero-order chi connectivity index (χ0) is 33.5. The lowest BCUT2D eigenvalue weighted by molar-refractivity contribution is 0.0515. The average Bonchev–Trinajstić information content (AvgIpc) is 3.45. The normalized spacial score (nSPS) is 12.9. The number of carbonyl (C=O) groups is 2. The molecule has 2 heterocycles. The first kappa shape index (κ1) is 34.8. The number of hydrogen-bond donors (Lipinski definition) is 1. The van der Waals surface area contributed by atoms with Crippen LogP contribution in [0.25, 0.3) is 21.8 Å². The lowest BCUT2D eigenvalue weighted by atomic mass is 10.2. The molecule has 0 unspecified atom stereocenters. The van der Waals surface area contributed by atoms with Gasteiger partial charge in [0.2, 0.25) is 16.6 Å². The van der Waals surface area contributed by atoms with Gasteiger partial charge in [0.05, 0.1) is 17.2 Å². The Kier molecular flexibility index (Phi) is 9.53. The summed E-state index contributed by atoms with van der Waals surface area (Å²) >= 11 is 0. The monoisotopic (exact) mass is 640 g/mol. The van der Waals surface area contributed by atoms with Crippen molar-refractivity contribution in [3.8, 4) is 11.5 Å². The first-order valence-corrected chi connectivity index (χ1v) is 20.5. The van der Waals surface area contributed by atoms with E-state index in [1.165, 1.54) is 4.68 Å². The van der Waals surface area contributed by atoms with E-state index < -0.39 is 34.4 Å². The zero-order valence-corrected chi connectivity index (χ0v) is 30.4. The van der Waals surface area contributed by atoms with Crippen molar-refractivity contribution in [2.24, 2.45) is 0 Å². The molecule has 0 fully saturated rings. The van der Waals surface area contributed by atoms with Crippen LogP contribution in [0.4, 0.5) is 9.59 Å². The fourth-order valence-corrected chi connectivity index (χ4v) is 5.64. The highest BCUT2D eigenvalue weighted by atomic mass is 28.4. The van der Waals surface area contributed by atoms with Crippen LogP contribution in [-0.2, 0) is 4.74 Å². The number of benzene rings is 2. The quantitative estimate of drug-likeness (QED) is 0.219. The van der Waals surface area contributed by atoms with Crippen molar-refractivity contribution >= 4 is 50.6 Å². The maximum Gasteiger partial charge on any atom is 0.435 e. The molecule has 0 radical (unpaired) electrons. The predicted octanol–water partition coefficient (Wildman–Crippen LogP) is 9.15. The second-order valence-corrected chi connectivity index (χ2v) is 24.5. The molecule has 0 aliphatic rings. The minimum atomic E-state index is -1.90. The molecule has 2 aromatic heterocycles. The van der Waals surface area contributed by atoms with Crippen LogP contribution >= 0.6 is 0 Å². The van der Waals surface area contributed by atoms with E-state index >= 15 is 0 Å². The molecule has 0 amide bonds. The van der Waals surface area contributed by atoms with Gasteiger partial charge < -0.3 is 18.7 Å². The van der Waals surface area contributed by atoms with Gasteiger partial charge in [-0.15, -0.1) is 0 Å². The van der Waals surface area contributed by atoms with Crippen LogP contribution in [0.1, 0.15) is 62.3 Å². The fourth-order valence-electron chi connectivity index (χ4n) is 3.59. The van der Waals surface area contributed by atoms with E-state index in [4.69, 9.17) is 18.7 Å². The van der Waals surface area contributed by atoms with Gasteiger partial charge in [0.15, 0.2) is 0 Å². The summed E-state index contributed by atoms with van der Waals surface area (Å²) in [5, 5.41) is 19.0. The average molecular weight is 641 g/mol. The molecule has 0 atom stereocenters. The van der Waals surface area contributed by atoms with Gasteiger partial charge in [-0.05, 0) is 93.4 Å². The second kappa shape index (κ2) is 12.0. The Morgan fingerprint density at radius 1 is 0.773 bits per heavy atom. The molecule has 44 heavy (non-hydrogen) atoms. The number of hydrogen-bond acceptors (Lipinski definition) is 7. The largest absolute Gasteiger partial charge is 0.543 e. The van der Waals surface area contributed by atoms with Crippen LogP contribution in [0.5, 0.6) is 11.5 Å². The van der Waals surface area contributed by atoms with E-state index in [2.05, 4.69) is 77.9 Å². The Labute approximate surface area is 262 Å². The van der Waals surface area contributed by atoms with Crippen molar-refractivity contribution in [2.75, 3.05) is 0 Å². The number of rotatable bonds is 4. The first-order valence-electron chi connectivity index (χ1n) is 14.7. The van der Waals surface area contributed by atoms with Crippen molar-refractivity contribution in [3.05, 3.63) is 48.8 Å². The summed E-state index contributed by atoms with van der Waals surface area (Å²) in [6, 6.07) is 11.1. The molecule has 0 spiro atoms. The van der Waals surface area contributed by atoms with Crippen LogP contribution in [0.15, 0.2) is 48.8 Å². The molecule has 10 nitrogen and oxygen atoms in total. The summed E-state index contributed by atoms with van der Waals surface area (Å²) in [6.45, 7) is 27.4. The number of ether oxygens (including phenoxy) is 1. The third-order valence-electron chi connectivity index (χ3n) is 8.14. The van der Waals surface area contributed by atoms with Crippen LogP contribution in [0.2, 0.25) is 36.3 Å². The van der Waals surface area contributed by atoms with Gasteiger partial charge in [0.1, 0.15) is 17.1 Å². The summed E-state index contributed by atoms with van der Waals surface area (Å²) in [5.74, 6) is 1.59. The van der Waals surface area contributed by atoms with Gasteiger partial charge in [-0.25, -0.2) is 9.59 Å². The Bertz CT molecular complexity index is 1650. The van der Waals surface area contributed by atoms with Crippen molar-refractivity contribution in [2.45, 2.75) is 104 Å². The molecule has 1 N–H and O–H groups in total. The molecule has 240 valence electrons. The van der Waals surface area contributed by atoms with Crippen molar-refractivity contribution in [1.29, 1.82) is 0 Å². The smallest absolute Gasteiger partial charge is 0.435 e. The predicted molar refractivity (Wildman–Crippen MR) is 180 cm³/mol. The summed E-state index contributed by atoms with van der Waals surface area (Å²) in [6.07, 6.45) is 1.66. The first-order chi connectivity index (χ1) is 19.9. The van der Waals surface area contributed by atoms with Gasteiger partial charge in [0, 0.05) is 17.0 Å². The molecule has 0 aliphatic carbocycles. The summed E-state index contributed by atoms with van der Waals surface area (Å²) < 4.78 is 20.1. The van der Waals surface area contributed by atoms with Crippen LogP contribution in [0.3, 0.4) is 0 Å². The summed E-state index contributed by atoms with van der Waals surface area (Å²) in [5.41, 5.74) is 0.759. The molecule has 4 rings (SSSR count). The third-order valence-corrected chi connectivity index (χ3v) is 16.9. The second-order valence-electron chi connectivity index (χ2n) is 15.1. The van der Waals surface area contributed by atoms with Gasteiger partial charge in [-0.2, -0.15) is 19.6 Å². The maximum atomic E-state index is 12.1.